The molecule has 90 valence electrons. The van der Waals surface area contributed by atoms with Crippen molar-refractivity contribution in [1.82, 2.24) is 0 Å². The van der Waals surface area contributed by atoms with E-state index in [0.717, 1.165) is 0 Å². The first kappa shape index (κ1) is 14.6. The monoisotopic (exact) mass is 235 g/mol. The zero-order chi connectivity index (χ0) is 12.1. The molecule has 3 atom stereocenters. The third-order valence-electron chi connectivity index (χ3n) is 2.70. The molecular weight excluding hydrogens is 214 g/mol. The minimum atomic E-state index is -3.54. The molecule has 0 aliphatic heterocycles. The fraction of sp³-hybridized carbons (Fsp3) is 0.800. The van der Waals surface area contributed by atoms with Crippen LogP contribution < -0.4 is 5.14 Å². The third-order valence-corrected chi connectivity index (χ3v) is 4.12. The summed E-state index contributed by atoms with van der Waals surface area (Å²) in [6, 6.07) is 0. The number of sulfonamides is 1. The van der Waals surface area contributed by atoms with Crippen LogP contribution in [-0.2, 0) is 10.0 Å². The molecule has 0 aromatic rings. The van der Waals surface area contributed by atoms with Gasteiger partial charge in [0.2, 0.25) is 10.0 Å². The number of nitrogens with two attached hydrogens (primary N) is 1. The molecule has 15 heavy (non-hydrogen) atoms. The van der Waals surface area contributed by atoms with Crippen molar-refractivity contribution in [2.45, 2.75) is 44.5 Å². The predicted molar refractivity (Wildman–Crippen MR) is 61.8 cm³/mol. The molecule has 0 fully saturated rings. The summed E-state index contributed by atoms with van der Waals surface area (Å²) in [6.07, 6.45) is 2.80. The molecule has 0 aromatic carbocycles. The van der Waals surface area contributed by atoms with Crippen LogP contribution in [0.2, 0.25) is 0 Å². The maximum absolute atomic E-state index is 11.2. The summed E-state index contributed by atoms with van der Waals surface area (Å²) < 4.78 is 22.4. The SMILES string of the molecule is C=CC[C@H](C[C@@H](O)CC)[C@@H](C)S(N)(=O)=O. The second-order valence-electron chi connectivity index (χ2n) is 3.88. The Morgan fingerprint density at radius 3 is 2.40 bits per heavy atom. The summed E-state index contributed by atoms with van der Waals surface area (Å²) >= 11 is 0. The van der Waals surface area contributed by atoms with Crippen LogP contribution in [0.1, 0.15) is 33.1 Å². The maximum atomic E-state index is 11.2. The van der Waals surface area contributed by atoms with Crippen molar-refractivity contribution in [3.05, 3.63) is 12.7 Å². The van der Waals surface area contributed by atoms with Gasteiger partial charge >= 0.3 is 0 Å². The summed E-state index contributed by atoms with van der Waals surface area (Å²) in [4.78, 5) is 0. The molecule has 0 saturated heterocycles. The number of hydrogen-bond donors (Lipinski definition) is 2. The van der Waals surface area contributed by atoms with Crippen LogP contribution in [0.4, 0.5) is 0 Å². The number of allylic oxidation sites excluding steroid dienone is 1. The fourth-order valence-electron chi connectivity index (χ4n) is 1.48. The van der Waals surface area contributed by atoms with Crippen molar-refractivity contribution in [2.24, 2.45) is 11.1 Å². The zero-order valence-corrected chi connectivity index (χ0v) is 10.2. The Morgan fingerprint density at radius 2 is 2.07 bits per heavy atom. The van der Waals surface area contributed by atoms with Gasteiger partial charge in [-0.15, -0.1) is 6.58 Å². The number of aliphatic hydroxyl groups excluding tert-OH is 1. The summed E-state index contributed by atoms with van der Waals surface area (Å²) in [5.74, 6) is -0.160. The second-order valence-corrected chi connectivity index (χ2v) is 5.80. The lowest BCUT2D eigenvalue weighted by Gasteiger charge is -2.23. The Balaban J connectivity index is 4.58. The van der Waals surface area contributed by atoms with Gasteiger partial charge < -0.3 is 5.11 Å². The van der Waals surface area contributed by atoms with Crippen LogP contribution in [-0.4, -0.2) is 24.9 Å². The fourth-order valence-corrected chi connectivity index (χ4v) is 2.24. The molecule has 0 aromatic heterocycles. The number of primary sulfonamides is 1. The van der Waals surface area contributed by atoms with Gasteiger partial charge in [-0.2, -0.15) is 0 Å². The Labute approximate surface area is 92.2 Å². The van der Waals surface area contributed by atoms with E-state index in [2.05, 4.69) is 6.58 Å². The number of rotatable bonds is 7. The van der Waals surface area contributed by atoms with Gasteiger partial charge in [-0.05, 0) is 32.1 Å². The van der Waals surface area contributed by atoms with Gasteiger partial charge in [0.05, 0.1) is 11.4 Å². The van der Waals surface area contributed by atoms with E-state index in [4.69, 9.17) is 5.14 Å². The highest BCUT2D eigenvalue weighted by Gasteiger charge is 2.27. The molecule has 0 aliphatic carbocycles. The molecule has 0 spiro atoms. The average Bonchev–Trinajstić information content (AvgIpc) is 2.14. The van der Waals surface area contributed by atoms with Crippen LogP contribution >= 0.6 is 0 Å². The van der Waals surface area contributed by atoms with Gasteiger partial charge in [0, 0.05) is 0 Å². The van der Waals surface area contributed by atoms with Crippen molar-refractivity contribution in [3.63, 3.8) is 0 Å². The third kappa shape index (κ3) is 5.30. The quantitative estimate of drug-likeness (QED) is 0.646. The highest BCUT2D eigenvalue weighted by atomic mass is 32.2. The molecule has 0 bridgehead atoms. The standard InChI is InChI=1S/C10H21NO3S/c1-4-6-9(7-10(12)5-2)8(3)15(11,13)14/h4,8-10,12H,1,5-7H2,2-3H3,(H2,11,13,14)/t8-,9-,10+/m1/s1. The largest absolute Gasteiger partial charge is 0.393 e. The van der Waals surface area contributed by atoms with E-state index < -0.39 is 21.4 Å². The van der Waals surface area contributed by atoms with E-state index in [0.29, 0.717) is 19.3 Å². The smallest absolute Gasteiger partial charge is 0.211 e. The Hall–Kier alpha value is -0.390. The maximum Gasteiger partial charge on any atom is 0.211 e. The van der Waals surface area contributed by atoms with E-state index in [1.54, 1.807) is 13.0 Å². The first-order valence-corrected chi connectivity index (χ1v) is 6.74. The first-order valence-electron chi connectivity index (χ1n) is 5.13. The minimum Gasteiger partial charge on any atom is -0.393 e. The molecule has 0 amide bonds. The molecule has 4 nitrogen and oxygen atoms in total. The molecule has 0 aliphatic rings. The highest BCUT2D eigenvalue weighted by Crippen LogP contribution is 2.21. The van der Waals surface area contributed by atoms with E-state index in [1.165, 1.54) is 0 Å². The molecule has 0 saturated carbocycles. The van der Waals surface area contributed by atoms with Gasteiger partial charge in [-0.25, -0.2) is 13.6 Å². The van der Waals surface area contributed by atoms with Crippen LogP contribution in [0.25, 0.3) is 0 Å². The van der Waals surface area contributed by atoms with E-state index >= 15 is 0 Å². The van der Waals surface area contributed by atoms with Gasteiger partial charge in [0.25, 0.3) is 0 Å². The van der Waals surface area contributed by atoms with Crippen LogP contribution in [0.15, 0.2) is 12.7 Å². The van der Waals surface area contributed by atoms with Gasteiger partial charge in [0.1, 0.15) is 0 Å². The molecule has 0 unspecified atom stereocenters. The van der Waals surface area contributed by atoms with E-state index in [-0.39, 0.29) is 5.92 Å². The zero-order valence-electron chi connectivity index (χ0n) is 9.39. The summed E-state index contributed by atoms with van der Waals surface area (Å²) in [5.41, 5.74) is 0. The van der Waals surface area contributed by atoms with Crippen molar-refractivity contribution >= 4 is 10.0 Å². The van der Waals surface area contributed by atoms with Crippen LogP contribution in [0, 0.1) is 5.92 Å². The molecule has 0 heterocycles. The molecule has 0 rings (SSSR count). The van der Waals surface area contributed by atoms with Gasteiger partial charge in [-0.3, -0.25) is 0 Å². The van der Waals surface area contributed by atoms with Crippen LogP contribution in [0.3, 0.4) is 0 Å². The molecule has 5 heteroatoms. The molecular formula is C10H21NO3S. The lowest BCUT2D eigenvalue weighted by molar-refractivity contribution is 0.138. The van der Waals surface area contributed by atoms with Gasteiger partial charge in [0.15, 0.2) is 0 Å². The number of aliphatic hydroxyl groups is 1. The second kappa shape index (κ2) is 6.25. The topological polar surface area (TPSA) is 80.4 Å². The number of hydrogen-bond acceptors (Lipinski definition) is 3. The van der Waals surface area contributed by atoms with Crippen molar-refractivity contribution in [3.8, 4) is 0 Å². The Kier molecular flexibility index (Phi) is 6.09. The molecule has 3 N–H and O–H groups in total. The van der Waals surface area contributed by atoms with E-state index in [1.807, 2.05) is 6.92 Å². The lowest BCUT2D eigenvalue weighted by Crippen LogP contribution is -2.34. The summed E-state index contributed by atoms with van der Waals surface area (Å²) in [5, 5.41) is 13.9. The highest BCUT2D eigenvalue weighted by molar-refractivity contribution is 7.89. The van der Waals surface area contributed by atoms with Crippen molar-refractivity contribution < 1.29 is 13.5 Å². The van der Waals surface area contributed by atoms with Gasteiger partial charge in [-0.1, -0.05) is 13.0 Å². The lowest BCUT2D eigenvalue weighted by atomic mass is 9.94. The first-order chi connectivity index (χ1) is 6.82. The Bertz CT molecular complexity index is 287. The predicted octanol–water partition coefficient (Wildman–Crippen LogP) is 1.02. The summed E-state index contributed by atoms with van der Waals surface area (Å²) in [6.45, 7) is 7.01. The normalized spacial score (nSPS) is 18.1. The molecule has 0 radical (unpaired) electrons. The van der Waals surface area contributed by atoms with E-state index in [9.17, 15) is 13.5 Å². The van der Waals surface area contributed by atoms with Crippen molar-refractivity contribution in [1.29, 1.82) is 0 Å². The van der Waals surface area contributed by atoms with Crippen molar-refractivity contribution in [2.75, 3.05) is 0 Å². The summed E-state index contributed by atoms with van der Waals surface area (Å²) in [7, 11) is -3.54. The van der Waals surface area contributed by atoms with Crippen LogP contribution in [0.5, 0.6) is 0 Å². The Morgan fingerprint density at radius 1 is 1.53 bits per heavy atom. The minimum absolute atomic E-state index is 0.160. The average molecular weight is 235 g/mol.